The fraction of sp³-hybridized carbons (Fsp3) is 0.579. The van der Waals surface area contributed by atoms with Crippen molar-refractivity contribution in [3.63, 3.8) is 0 Å². The lowest BCUT2D eigenvalue weighted by Gasteiger charge is -2.32. The van der Waals surface area contributed by atoms with Gasteiger partial charge in [-0.3, -0.25) is 9.59 Å². The van der Waals surface area contributed by atoms with Gasteiger partial charge in [-0.15, -0.1) is 0 Å². The van der Waals surface area contributed by atoms with Crippen molar-refractivity contribution < 1.29 is 19.1 Å². The zero-order valence-electron chi connectivity index (χ0n) is 14.5. The molecule has 25 heavy (non-hydrogen) atoms. The number of likely N-dealkylation sites (tertiary alicyclic amines) is 1. The van der Waals surface area contributed by atoms with Crippen LogP contribution in [-0.4, -0.2) is 43.0 Å². The molecule has 6 heteroatoms. The minimum absolute atomic E-state index is 0.00515. The molecule has 0 aromatic heterocycles. The van der Waals surface area contributed by atoms with Crippen molar-refractivity contribution >= 4 is 17.5 Å². The first-order valence-corrected chi connectivity index (χ1v) is 9.09. The summed E-state index contributed by atoms with van der Waals surface area (Å²) in [5.74, 6) is 1.77. The third-order valence-electron chi connectivity index (χ3n) is 5.46. The summed E-state index contributed by atoms with van der Waals surface area (Å²) in [6.07, 6.45) is 3.31. The van der Waals surface area contributed by atoms with E-state index in [1.807, 2.05) is 4.90 Å². The third-order valence-corrected chi connectivity index (χ3v) is 5.46. The van der Waals surface area contributed by atoms with E-state index in [9.17, 15) is 9.59 Å². The maximum absolute atomic E-state index is 12.9. The predicted octanol–water partition coefficient (Wildman–Crippen LogP) is 2.44. The van der Waals surface area contributed by atoms with E-state index in [2.05, 4.69) is 12.2 Å². The summed E-state index contributed by atoms with van der Waals surface area (Å²) in [6, 6.07) is 5.33. The van der Waals surface area contributed by atoms with Gasteiger partial charge in [0.15, 0.2) is 11.5 Å². The van der Waals surface area contributed by atoms with Crippen molar-refractivity contribution in [2.24, 2.45) is 11.3 Å². The van der Waals surface area contributed by atoms with E-state index in [0.29, 0.717) is 49.2 Å². The fourth-order valence-electron chi connectivity index (χ4n) is 3.55. The highest BCUT2D eigenvalue weighted by Gasteiger charge is 2.58. The number of rotatable bonds is 3. The first-order chi connectivity index (χ1) is 12.1. The van der Waals surface area contributed by atoms with Gasteiger partial charge in [-0.2, -0.15) is 0 Å². The second-order valence-corrected chi connectivity index (χ2v) is 7.37. The summed E-state index contributed by atoms with van der Waals surface area (Å²) in [7, 11) is 0. The van der Waals surface area contributed by atoms with E-state index in [1.165, 1.54) is 0 Å². The highest BCUT2D eigenvalue weighted by molar-refractivity contribution is 6.13. The second kappa shape index (κ2) is 6.24. The molecular formula is C19H24N2O4. The van der Waals surface area contributed by atoms with Gasteiger partial charge in [-0.05, 0) is 43.7 Å². The summed E-state index contributed by atoms with van der Waals surface area (Å²) >= 11 is 0. The lowest BCUT2D eigenvalue weighted by molar-refractivity contribution is -0.143. The summed E-state index contributed by atoms with van der Waals surface area (Å²) in [4.78, 5) is 27.5. The molecule has 1 aliphatic carbocycles. The number of fused-ring (bicyclic) bond motifs is 1. The Morgan fingerprint density at radius 2 is 1.80 bits per heavy atom. The molecular weight excluding hydrogens is 320 g/mol. The summed E-state index contributed by atoms with van der Waals surface area (Å²) in [5, 5.41) is 2.90. The van der Waals surface area contributed by atoms with Gasteiger partial charge < -0.3 is 19.7 Å². The third kappa shape index (κ3) is 3.05. The maximum atomic E-state index is 12.9. The lowest BCUT2D eigenvalue weighted by Crippen LogP contribution is -2.46. The van der Waals surface area contributed by atoms with Crippen molar-refractivity contribution in [1.82, 2.24) is 4.90 Å². The Labute approximate surface area is 147 Å². The smallest absolute Gasteiger partial charge is 0.240 e. The average Bonchev–Trinajstić information content (AvgIpc) is 3.44. The number of carbonyl (C=O) groups is 2. The number of hydrogen-bond donors (Lipinski definition) is 1. The normalized spacial score (nSPS) is 21.6. The summed E-state index contributed by atoms with van der Waals surface area (Å²) in [5.41, 5.74) is -0.228. The van der Waals surface area contributed by atoms with Gasteiger partial charge >= 0.3 is 0 Å². The molecule has 0 spiro atoms. The van der Waals surface area contributed by atoms with E-state index in [-0.39, 0.29) is 11.8 Å². The van der Waals surface area contributed by atoms with Crippen LogP contribution in [0.3, 0.4) is 0 Å². The number of carbonyl (C=O) groups excluding carboxylic acids is 2. The zero-order chi connectivity index (χ0) is 17.4. The Morgan fingerprint density at radius 1 is 1.12 bits per heavy atom. The number of piperidine rings is 1. The largest absolute Gasteiger partial charge is 0.486 e. The van der Waals surface area contributed by atoms with Gasteiger partial charge in [0.1, 0.15) is 18.6 Å². The van der Waals surface area contributed by atoms with Crippen LogP contribution in [0, 0.1) is 11.3 Å². The van der Waals surface area contributed by atoms with Crippen LogP contribution in [0.15, 0.2) is 18.2 Å². The molecule has 1 saturated carbocycles. The number of nitrogens with zero attached hydrogens (tertiary/aromatic N) is 1. The molecule has 3 aliphatic rings. The number of anilines is 1. The number of amides is 2. The molecule has 134 valence electrons. The summed E-state index contributed by atoms with van der Waals surface area (Å²) in [6.45, 7) is 4.77. The molecule has 4 rings (SSSR count). The Kier molecular flexibility index (Phi) is 4.06. The number of ether oxygens (including phenoxy) is 2. The molecule has 0 radical (unpaired) electrons. The molecule has 1 aromatic rings. The SMILES string of the molecule is CC1CCN(C(=O)C2(C(=O)Nc3ccc4c(c3)OCCO4)CC2)CC1. The second-order valence-electron chi connectivity index (χ2n) is 7.37. The monoisotopic (exact) mass is 344 g/mol. The Hall–Kier alpha value is -2.24. The molecule has 0 bridgehead atoms. The van der Waals surface area contributed by atoms with Crippen LogP contribution in [0.25, 0.3) is 0 Å². The zero-order valence-corrected chi connectivity index (χ0v) is 14.5. The predicted molar refractivity (Wildman–Crippen MR) is 92.7 cm³/mol. The average molecular weight is 344 g/mol. The van der Waals surface area contributed by atoms with Crippen molar-refractivity contribution in [3.05, 3.63) is 18.2 Å². The quantitative estimate of drug-likeness (QED) is 0.855. The topological polar surface area (TPSA) is 67.9 Å². The van der Waals surface area contributed by atoms with E-state index in [1.54, 1.807) is 18.2 Å². The maximum Gasteiger partial charge on any atom is 0.240 e. The van der Waals surface area contributed by atoms with E-state index in [4.69, 9.17) is 9.47 Å². The van der Waals surface area contributed by atoms with Crippen LogP contribution < -0.4 is 14.8 Å². The van der Waals surface area contributed by atoms with Crippen molar-refractivity contribution in [3.8, 4) is 11.5 Å². The van der Waals surface area contributed by atoms with Gasteiger partial charge in [0, 0.05) is 24.8 Å². The highest BCUT2D eigenvalue weighted by Crippen LogP contribution is 2.49. The Balaban J connectivity index is 1.44. The lowest BCUT2D eigenvalue weighted by atomic mass is 9.96. The van der Waals surface area contributed by atoms with E-state index < -0.39 is 5.41 Å². The minimum atomic E-state index is -0.867. The van der Waals surface area contributed by atoms with Crippen molar-refractivity contribution in [1.29, 1.82) is 0 Å². The van der Waals surface area contributed by atoms with Gasteiger partial charge in [0.05, 0.1) is 0 Å². The molecule has 1 N–H and O–H groups in total. The van der Waals surface area contributed by atoms with Crippen molar-refractivity contribution in [2.75, 3.05) is 31.6 Å². The van der Waals surface area contributed by atoms with Crippen LogP contribution in [0.2, 0.25) is 0 Å². The van der Waals surface area contributed by atoms with Gasteiger partial charge in [0.2, 0.25) is 11.8 Å². The highest BCUT2D eigenvalue weighted by atomic mass is 16.6. The number of hydrogen-bond acceptors (Lipinski definition) is 4. The molecule has 2 fully saturated rings. The minimum Gasteiger partial charge on any atom is -0.486 e. The van der Waals surface area contributed by atoms with Crippen LogP contribution in [-0.2, 0) is 9.59 Å². The number of nitrogens with one attached hydrogen (secondary N) is 1. The fourth-order valence-corrected chi connectivity index (χ4v) is 3.55. The molecule has 1 saturated heterocycles. The first kappa shape index (κ1) is 16.2. The van der Waals surface area contributed by atoms with Crippen LogP contribution in [0.1, 0.15) is 32.6 Å². The molecule has 1 aromatic carbocycles. The van der Waals surface area contributed by atoms with Crippen LogP contribution >= 0.6 is 0 Å². The van der Waals surface area contributed by atoms with Gasteiger partial charge in [-0.1, -0.05) is 6.92 Å². The summed E-state index contributed by atoms with van der Waals surface area (Å²) < 4.78 is 11.0. The Morgan fingerprint density at radius 3 is 2.48 bits per heavy atom. The molecule has 2 amide bonds. The molecule has 0 atom stereocenters. The van der Waals surface area contributed by atoms with E-state index in [0.717, 1.165) is 25.9 Å². The standard InChI is InChI=1S/C19H24N2O4/c1-13-4-8-21(9-5-13)18(23)19(6-7-19)17(22)20-14-2-3-15-16(12-14)25-11-10-24-15/h2-3,12-13H,4-11H2,1H3,(H,20,22). The Bertz CT molecular complexity index is 691. The van der Waals surface area contributed by atoms with Crippen molar-refractivity contribution in [2.45, 2.75) is 32.6 Å². The molecule has 0 unspecified atom stereocenters. The van der Waals surface area contributed by atoms with Gasteiger partial charge in [-0.25, -0.2) is 0 Å². The molecule has 2 aliphatic heterocycles. The van der Waals surface area contributed by atoms with E-state index >= 15 is 0 Å². The van der Waals surface area contributed by atoms with Crippen LogP contribution in [0.4, 0.5) is 5.69 Å². The molecule has 2 heterocycles. The molecule has 6 nitrogen and oxygen atoms in total. The van der Waals surface area contributed by atoms with Gasteiger partial charge in [0.25, 0.3) is 0 Å². The first-order valence-electron chi connectivity index (χ1n) is 9.09. The van der Waals surface area contributed by atoms with Crippen LogP contribution in [0.5, 0.6) is 11.5 Å². The number of benzene rings is 1.